The van der Waals surface area contributed by atoms with Gasteiger partial charge in [-0.3, -0.25) is 9.59 Å². The zero-order chi connectivity index (χ0) is 17.1. The average molecular weight is 334 g/mol. The van der Waals surface area contributed by atoms with E-state index in [4.69, 9.17) is 4.74 Å². The van der Waals surface area contributed by atoms with E-state index in [0.29, 0.717) is 24.5 Å². The number of rotatable bonds is 4. The number of halogens is 1. The first-order valence-electron chi connectivity index (χ1n) is 8.41. The van der Waals surface area contributed by atoms with Crippen molar-refractivity contribution in [1.82, 2.24) is 10.6 Å². The number of methoxy groups -OCH3 is 1. The van der Waals surface area contributed by atoms with Crippen LogP contribution in [0.5, 0.6) is 0 Å². The van der Waals surface area contributed by atoms with E-state index in [1.54, 1.807) is 7.11 Å². The lowest BCUT2D eigenvalue weighted by atomic mass is 9.71. The van der Waals surface area contributed by atoms with Crippen LogP contribution < -0.4 is 10.6 Å². The van der Waals surface area contributed by atoms with Gasteiger partial charge in [0.1, 0.15) is 5.82 Å². The highest BCUT2D eigenvalue weighted by molar-refractivity contribution is 5.94. The second-order valence-corrected chi connectivity index (χ2v) is 6.75. The maximum absolute atomic E-state index is 12.9. The third-order valence-corrected chi connectivity index (χ3v) is 5.13. The topological polar surface area (TPSA) is 67.4 Å². The fraction of sp³-hybridized carbons (Fsp3) is 0.556. The van der Waals surface area contributed by atoms with Crippen molar-refractivity contribution in [2.24, 2.45) is 11.8 Å². The van der Waals surface area contributed by atoms with E-state index in [1.807, 2.05) is 0 Å². The zero-order valence-electron chi connectivity index (χ0n) is 13.8. The first-order chi connectivity index (χ1) is 11.6. The van der Waals surface area contributed by atoms with E-state index < -0.39 is 0 Å². The number of piperidine rings is 1. The minimum Gasteiger partial charge on any atom is -0.384 e. The lowest BCUT2D eigenvalue weighted by Crippen LogP contribution is -2.56. The molecule has 2 amide bonds. The molecular formula is C18H23FN2O3. The lowest BCUT2D eigenvalue weighted by Gasteiger charge is -2.43. The van der Waals surface area contributed by atoms with Gasteiger partial charge in [-0.25, -0.2) is 4.39 Å². The third kappa shape index (κ3) is 3.75. The Hall–Kier alpha value is -1.95. The van der Waals surface area contributed by atoms with Crippen LogP contribution in [0, 0.1) is 17.7 Å². The predicted octanol–water partition coefficient (Wildman–Crippen LogP) is 1.88. The molecule has 130 valence electrons. The van der Waals surface area contributed by atoms with E-state index in [9.17, 15) is 14.0 Å². The molecular weight excluding hydrogens is 311 g/mol. The second kappa shape index (κ2) is 7.30. The maximum Gasteiger partial charge on any atom is 0.251 e. The normalized spacial score (nSPS) is 29.5. The molecule has 4 unspecified atom stereocenters. The molecule has 2 fully saturated rings. The van der Waals surface area contributed by atoms with Crippen LogP contribution in [-0.2, 0) is 9.53 Å². The summed E-state index contributed by atoms with van der Waals surface area (Å²) in [5.41, 5.74) is 0.448. The summed E-state index contributed by atoms with van der Waals surface area (Å²) < 4.78 is 18.2. The van der Waals surface area contributed by atoms with Gasteiger partial charge in [0.25, 0.3) is 5.91 Å². The maximum atomic E-state index is 12.9. The molecule has 6 heteroatoms. The molecule has 1 aromatic rings. The molecule has 0 radical (unpaired) electrons. The fourth-order valence-corrected chi connectivity index (χ4v) is 3.98. The SMILES string of the molecule is COCC1CC(=O)NC2CC(NC(=O)c3ccc(F)cc3)CCC12. The van der Waals surface area contributed by atoms with E-state index in [-0.39, 0.29) is 35.6 Å². The van der Waals surface area contributed by atoms with Gasteiger partial charge in [0.05, 0.1) is 0 Å². The van der Waals surface area contributed by atoms with Crippen LogP contribution in [0.3, 0.4) is 0 Å². The molecule has 4 atom stereocenters. The van der Waals surface area contributed by atoms with Crippen molar-refractivity contribution in [2.45, 2.75) is 37.8 Å². The monoisotopic (exact) mass is 334 g/mol. The van der Waals surface area contributed by atoms with Crippen LogP contribution in [0.25, 0.3) is 0 Å². The van der Waals surface area contributed by atoms with E-state index >= 15 is 0 Å². The number of hydrogen-bond donors (Lipinski definition) is 2. The van der Waals surface area contributed by atoms with Crippen molar-refractivity contribution in [1.29, 1.82) is 0 Å². The molecule has 5 nitrogen and oxygen atoms in total. The number of benzene rings is 1. The average Bonchev–Trinajstić information content (AvgIpc) is 2.55. The molecule has 0 aromatic heterocycles. The van der Waals surface area contributed by atoms with Crippen LogP contribution in [0.15, 0.2) is 24.3 Å². The van der Waals surface area contributed by atoms with Gasteiger partial charge in [0, 0.05) is 37.8 Å². The summed E-state index contributed by atoms with van der Waals surface area (Å²) in [6.45, 7) is 0.598. The fourth-order valence-electron chi connectivity index (χ4n) is 3.98. The summed E-state index contributed by atoms with van der Waals surface area (Å²) in [7, 11) is 1.66. The molecule has 2 N–H and O–H groups in total. The van der Waals surface area contributed by atoms with Crippen LogP contribution in [0.2, 0.25) is 0 Å². The summed E-state index contributed by atoms with van der Waals surface area (Å²) in [6.07, 6.45) is 3.07. The first kappa shape index (κ1) is 16.9. The van der Waals surface area contributed by atoms with Crippen LogP contribution >= 0.6 is 0 Å². The van der Waals surface area contributed by atoms with Gasteiger partial charge in [-0.2, -0.15) is 0 Å². The zero-order valence-corrected chi connectivity index (χ0v) is 13.8. The van der Waals surface area contributed by atoms with E-state index in [1.165, 1.54) is 24.3 Å². The minimum absolute atomic E-state index is 0.0189. The van der Waals surface area contributed by atoms with Crippen molar-refractivity contribution in [2.75, 3.05) is 13.7 Å². The highest BCUT2D eigenvalue weighted by Crippen LogP contribution is 2.35. The van der Waals surface area contributed by atoms with Gasteiger partial charge >= 0.3 is 0 Å². The van der Waals surface area contributed by atoms with Gasteiger partial charge < -0.3 is 15.4 Å². The van der Waals surface area contributed by atoms with Gasteiger partial charge in [-0.15, -0.1) is 0 Å². The summed E-state index contributed by atoms with van der Waals surface area (Å²) >= 11 is 0. The minimum atomic E-state index is -0.360. The smallest absolute Gasteiger partial charge is 0.251 e. The Balaban J connectivity index is 1.61. The molecule has 1 aromatic carbocycles. The highest BCUT2D eigenvalue weighted by atomic mass is 19.1. The number of fused-ring (bicyclic) bond motifs is 1. The number of carbonyl (C=O) groups excluding carboxylic acids is 2. The quantitative estimate of drug-likeness (QED) is 0.883. The van der Waals surface area contributed by atoms with Gasteiger partial charge in [0.2, 0.25) is 5.91 Å². The van der Waals surface area contributed by atoms with E-state index in [0.717, 1.165) is 19.3 Å². The summed E-state index contributed by atoms with van der Waals surface area (Å²) in [5.74, 6) is 0.156. The summed E-state index contributed by atoms with van der Waals surface area (Å²) in [5, 5.41) is 6.07. The summed E-state index contributed by atoms with van der Waals surface area (Å²) in [6, 6.07) is 5.62. The second-order valence-electron chi connectivity index (χ2n) is 6.75. The summed E-state index contributed by atoms with van der Waals surface area (Å²) in [4.78, 5) is 24.2. The Labute approximate surface area is 141 Å². The van der Waals surface area contributed by atoms with E-state index in [2.05, 4.69) is 10.6 Å². The number of hydrogen-bond acceptors (Lipinski definition) is 3. The molecule has 1 heterocycles. The molecule has 24 heavy (non-hydrogen) atoms. The Morgan fingerprint density at radius 3 is 2.79 bits per heavy atom. The van der Waals surface area contributed by atoms with Crippen molar-refractivity contribution in [3.8, 4) is 0 Å². The Morgan fingerprint density at radius 2 is 2.08 bits per heavy atom. The molecule has 1 aliphatic carbocycles. The Morgan fingerprint density at radius 1 is 1.33 bits per heavy atom. The number of carbonyl (C=O) groups is 2. The largest absolute Gasteiger partial charge is 0.384 e. The van der Waals surface area contributed by atoms with Gasteiger partial charge in [-0.05, 0) is 55.4 Å². The molecule has 1 saturated carbocycles. The predicted molar refractivity (Wildman–Crippen MR) is 86.9 cm³/mol. The molecule has 2 aliphatic rings. The Bertz CT molecular complexity index is 605. The molecule has 0 bridgehead atoms. The number of ether oxygens (including phenoxy) is 1. The number of amides is 2. The lowest BCUT2D eigenvalue weighted by molar-refractivity contribution is -0.128. The first-order valence-corrected chi connectivity index (χ1v) is 8.41. The standard InChI is InChI=1S/C18H23FN2O3/c1-24-10-12-8-17(22)21-16-9-14(6-7-15(12)16)20-18(23)11-2-4-13(19)5-3-11/h2-5,12,14-16H,6-10H2,1H3,(H,20,23)(H,21,22). The van der Waals surface area contributed by atoms with Crippen LogP contribution in [0.4, 0.5) is 4.39 Å². The molecule has 1 saturated heterocycles. The highest BCUT2D eigenvalue weighted by Gasteiger charge is 2.40. The number of nitrogens with one attached hydrogen (secondary N) is 2. The third-order valence-electron chi connectivity index (χ3n) is 5.13. The van der Waals surface area contributed by atoms with Gasteiger partial charge in [-0.1, -0.05) is 0 Å². The van der Waals surface area contributed by atoms with Crippen molar-refractivity contribution >= 4 is 11.8 Å². The molecule has 0 spiro atoms. The van der Waals surface area contributed by atoms with Crippen LogP contribution in [0.1, 0.15) is 36.0 Å². The Kier molecular flexibility index (Phi) is 5.14. The van der Waals surface area contributed by atoms with Crippen molar-refractivity contribution in [3.63, 3.8) is 0 Å². The van der Waals surface area contributed by atoms with Crippen molar-refractivity contribution in [3.05, 3.63) is 35.6 Å². The van der Waals surface area contributed by atoms with Gasteiger partial charge in [0.15, 0.2) is 0 Å². The molecule has 3 rings (SSSR count). The molecule has 1 aliphatic heterocycles. The van der Waals surface area contributed by atoms with Crippen LogP contribution in [-0.4, -0.2) is 37.6 Å². The van der Waals surface area contributed by atoms with Crippen molar-refractivity contribution < 1.29 is 18.7 Å².